The molecule has 2 aromatic rings. The molecule has 0 spiro atoms. The zero-order valence-electron chi connectivity index (χ0n) is 13.8. The van der Waals surface area contributed by atoms with E-state index in [4.69, 9.17) is 11.5 Å². The fraction of sp³-hybridized carbons (Fsp3) is 0.467. The van der Waals surface area contributed by atoms with Gasteiger partial charge in [0.15, 0.2) is 11.5 Å². The van der Waals surface area contributed by atoms with Gasteiger partial charge in [-0.05, 0) is 12.3 Å². The summed E-state index contributed by atoms with van der Waals surface area (Å²) < 4.78 is 1.65. The normalized spacial score (nSPS) is 20.9. The van der Waals surface area contributed by atoms with Crippen LogP contribution < -0.4 is 21.7 Å². The first kappa shape index (κ1) is 16.2. The van der Waals surface area contributed by atoms with Crippen LogP contribution in [0.2, 0.25) is 0 Å². The van der Waals surface area contributed by atoms with Crippen molar-refractivity contribution in [2.75, 3.05) is 23.3 Å². The van der Waals surface area contributed by atoms with Crippen LogP contribution in [0, 0.1) is 5.92 Å². The van der Waals surface area contributed by atoms with Gasteiger partial charge in [-0.2, -0.15) is 5.10 Å². The molecular formula is C15H22N8O. The molecule has 1 aliphatic heterocycles. The Bertz CT molecular complexity index is 733. The molecule has 2 atom stereocenters. The van der Waals surface area contributed by atoms with Gasteiger partial charge in [-0.15, -0.1) is 0 Å². The van der Waals surface area contributed by atoms with E-state index in [9.17, 15) is 4.79 Å². The molecule has 3 heterocycles. The van der Waals surface area contributed by atoms with E-state index in [1.807, 2.05) is 0 Å². The topological polar surface area (TPSA) is 128 Å². The van der Waals surface area contributed by atoms with Gasteiger partial charge in [0.25, 0.3) is 5.91 Å². The second-order valence-corrected chi connectivity index (χ2v) is 6.32. The van der Waals surface area contributed by atoms with E-state index in [2.05, 4.69) is 32.2 Å². The summed E-state index contributed by atoms with van der Waals surface area (Å²) in [5.41, 5.74) is 12.3. The van der Waals surface area contributed by atoms with E-state index < -0.39 is 5.91 Å². The van der Waals surface area contributed by atoms with Gasteiger partial charge in [0.2, 0.25) is 0 Å². The molecular weight excluding hydrogens is 308 g/mol. The molecule has 1 amide bonds. The van der Waals surface area contributed by atoms with Crippen LogP contribution >= 0.6 is 0 Å². The van der Waals surface area contributed by atoms with Crippen LogP contribution in [0.25, 0.3) is 0 Å². The molecule has 5 N–H and O–H groups in total. The van der Waals surface area contributed by atoms with E-state index in [1.165, 1.54) is 0 Å². The van der Waals surface area contributed by atoms with E-state index >= 15 is 0 Å². The molecule has 0 radical (unpaired) electrons. The van der Waals surface area contributed by atoms with Crippen molar-refractivity contribution in [3.63, 3.8) is 0 Å². The Morgan fingerprint density at radius 2 is 2.17 bits per heavy atom. The van der Waals surface area contributed by atoms with Gasteiger partial charge in [0.05, 0.1) is 18.1 Å². The fourth-order valence-electron chi connectivity index (χ4n) is 3.01. The number of rotatable bonds is 4. The number of hydrogen-bond donors (Lipinski definition) is 3. The lowest BCUT2D eigenvalue weighted by molar-refractivity contribution is 0.0996. The van der Waals surface area contributed by atoms with E-state index in [0.717, 1.165) is 13.0 Å². The summed E-state index contributed by atoms with van der Waals surface area (Å²) in [4.78, 5) is 22.5. The summed E-state index contributed by atoms with van der Waals surface area (Å²) in [5, 5.41) is 7.14. The number of anilines is 3. The molecule has 1 fully saturated rings. The number of nitrogens with zero attached hydrogens (tertiary/aromatic N) is 5. The van der Waals surface area contributed by atoms with Gasteiger partial charge in [-0.25, -0.2) is 9.97 Å². The predicted octanol–water partition coefficient (Wildman–Crippen LogP) is 0.226. The average Bonchev–Trinajstić information content (AvgIpc) is 2.91. The van der Waals surface area contributed by atoms with Crippen LogP contribution in [-0.4, -0.2) is 44.8 Å². The molecule has 0 bridgehead atoms. The van der Waals surface area contributed by atoms with Gasteiger partial charge in [-0.3, -0.25) is 9.48 Å². The monoisotopic (exact) mass is 330 g/mol. The number of hydrogen-bond acceptors (Lipinski definition) is 7. The maximum Gasteiger partial charge on any atom is 0.271 e. The van der Waals surface area contributed by atoms with Crippen molar-refractivity contribution in [3.8, 4) is 0 Å². The summed E-state index contributed by atoms with van der Waals surface area (Å²) in [5.74, 6) is 0.832. The summed E-state index contributed by atoms with van der Waals surface area (Å²) >= 11 is 0. The minimum Gasteiger partial charge on any atom is -0.364 e. The van der Waals surface area contributed by atoms with E-state index in [0.29, 0.717) is 29.8 Å². The molecule has 3 rings (SSSR count). The van der Waals surface area contributed by atoms with Gasteiger partial charge in [0, 0.05) is 32.4 Å². The van der Waals surface area contributed by atoms with Crippen molar-refractivity contribution in [2.24, 2.45) is 24.4 Å². The van der Waals surface area contributed by atoms with Gasteiger partial charge in [-0.1, -0.05) is 6.92 Å². The van der Waals surface area contributed by atoms with Gasteiger partial charge < -0.3 is 21.7 Å². The zero-order chi connectivity index (χ0) is 17.3. The number of piperidine rings is 1. The second-order valence-electron chi connectivity index (χ2n) is 6.32. The Kier molecular flexibility index (Phi) is 4.34. The molecule has 9 heteroatoms. The minimum absolute atomic E-state index is 0.0944. The van der Waals surface area contributed by atoms with Gasteiger partial charge >= 0.3 is 0 Å². The fourth-order valence-corrected chi connectivity index (χ4v) is 3.01. The van der Waals surface area contributed by atoms with Crippen LogP contribution in [0.4, 0.5) is 17.3 Å². The molecule has 128 valence electrons. The van der Waals surface area contributed by atoms with Crippen LogP contribution in [-0.2, 0) is 7.05 Å². The largest absolute Gasteiger partial charge is 0.364 e. The summed E-state index contributed by atoms with van der Waals surface area (Å²) in [6.45, 7) is 3.72. The first-order valence-corrected chi connectivity index (χ1v) is 7.85. The molecule has 0 aliphatic carbocycles. The average molecular weight is 330 g/mol. The maximum absolute atomic E-state index is 11.6. The van der Waals surface area contributed by atoms with Crippen molar-refractivity contribution >= 4 is 23.2 Å². The number of nitrogens with two attached hydrogens (primary N) is 2. The quantitative estimate of drug-likeness (QED) is 0.732. The molecule has 2 unspecified atom stereocenters. The van der Waals surface area contributed by atoms with Crippen LogP contribution in [0.5, 0.6) is 0 Å². The lowest BCUT2D eigenvalue weighted by Gasteiger charge is -2.35. The Morgan fingerprint density at radius 3 is 2.79 bits per heavy atom. The van der Waals surface area contributed by atoms with Crippen molar-refractivity contribution in [1.29, 1.82) is 0 Å². The number of nitrogens with one attached hydrogen (secondary N) is 1. The Labute approximate surface area is 140 Å². The van der Waals surface area contributed by atoms with Crippen molar-refractivity contribution in [1.82, 2.24) is 19.7 Å². The second kappa shape index (κ2) is 6.44. The van der Waals surface area contributed by atoms with E-state index in [-0.39, 0.29) is 11.7 Å². The summed E-state index contributed by atoms with van der Waals surface area (Å²) in [6, 6.07) is 0.0982. The third-order valence-corrected chi connectivity index (χ3v) is 3.98. The van der Waals surface area contributed by atoms with E-state index in [1.54, 1.807) is 30.3 Å². The number of aryl methyl sites for hydroxylation is 1. The van der Waals surface area contributed by atoms with Crippen LogP contribution in [0.15, 0.2) is 18.6 Å². The Morgan fingerprint density at radius 1 is 1.38 bits per heavy atom. The molecule has 9 nitrogen and oxygen atoms in total. The SMILES string of the molecule is CC1CC(N)CN(c2cnc(C(N)=O)c(Nc3cnn(C)c3)n2)C1. The molecule has 1 saturated heterocycles. The number of carbonyl (C=O) groups excluding carboxylic acids is 1. The summed E-state index contributed by atoms with van der Waals surface area (Å²) in [7, 11) is 1.80. The zero-order valence-corrected chi connectivity index (χ0v) is 13.8. The Balaban J connectivity index is 1.91. The smallest absolute Gasteiger partial charge is 0.271 e. The highest BCUT2D eigenvalue weighted by Crippen LogP contribution is 2.24. The van der Waals surface area contributed by atoms with Crippen LogP contribution in [0.1, 0.15) is 23.8 Å². The van der Waals surface area contributed by atoms with Crippen molar-refractivity contribution in [3.05, 3.63) is 24.3 Å². The number of primary amides is 1. The Hall–Kier alpha value is -2.68. The summed E-state index contributed by atoms with van der Waals surface area (Å²) in [6.07, 6.45) is 5.97. The standard InChI is InChI=1S/C15H22N8O/c1-9-3-10(16)7-23(6-9)12-5-18-13(14(17)24)15(21-12)20-11-4-19-22(2)8-11/h4-5,8-10H,3,6-7,16H2,1-2H3,(H2,17,24)(H,20,21). The van der Waals surface area contributed by atoms with Crippen molar-refractivity contribution < 1.29 is 4.79 Å². The van der Waals surface area contributed by atoms with Crippen molar-refractivity contribution in [2.45, 2.75) is 19.4 Å². The molecule has 0 aromatic carbocycles. The predicted molar refractivity (Wildman–Crippen MR) is 91.0 cm³/mol. The molecule has 1 aliphatic rings. The molecule has 0 saturated carbocycles. The third-order valence-electron chi connectivity index (χ3n) is 3.98. The maximum atomic E-state index is 11.6. The highest BCUT2D eigenvalue weighted by atomic mass is 16.1. The lowest BCUT2D eigenvalue weighted by Crippen LogP contribution is -2.46. The molecule has 24 heavy (non-hydrogen) atoms. The number of carbonyl (C=O) groups is 1. The minimum atomic E-state index is -0.635. The number of aromatic nitrogens is 4. The first-order valence-electron chi connectivity index (χ1n) is 7.85. The molecule has 2 aromatic heterocycles. The van der Waals surface area contributed by atoms with Crippen LogP contribution in [0.3, 0.4) is 0 Å². The highest BCUT2D eigenvalue weighted by Gasteiger charge is 2.24. The van der Waals surface area contributed by atoms with Gasteiger partial charge in [0.1, 0.15) is 5.82 Å². The number of amides is 1. The highest BCUT2D eigenvalue weighted by molar-refractivity contribution is 5.96. The third kappa shape index (κ3) is 3.46. The lowest BCUT2D eigenvalue weighted by atomic mass is 9.97. The first-order chi connectivity index (χ1) is 11.4.